The van der Waals surface area contributed by atoms with Gasteiger partial charge in [0, 0.05) is 30.1 Å². The molecule has 0 spiro atoms. The van der Waals surface area contributed by atoms with E-state index in [1.165, 1.54) is 0 Å². The second-order valence-electron chi connectivity index (χ2n) is 4.06. The van der Waals surface area contributed by atoms with E-state index in [4.69, 9.17) is 5.73 Å². The van der Waals surface area contributed by atoms with Crippen molar-refractivity contribution in [2.24, 2.45) is 5.73 Å². The van der Waals surface area contributed by atoms with Gasteiger partial charge in [0.1, 0.15) is 5.75 Å². The number of hydrogen-bond acceptors (Lipinski definition) is 3. The molecule has 1 heterocycles. The Morgan fingerprint density at radius 2 is 2.25 bits per heavy atom. The number of nitrogens with zero attached hydrogens (tertiary/aromatic N) is 1. The number of halogens is 2. The molecule has 1 atom stereocenters. The standard InChI is InChI=1S/C11H15BrN2O.ClH/c12-11-2-1-10(15)5-8(11)6-14-4-3-9(13)7-14;/h1-2,5,9,15H,3-4,6-7,13H2;1H/t9-;/m1./s1. The normalized spacial score (nSPS) is 20.8. The van der Waals surface area contributed by atoms with Crippen LogP contribution in [-0.4, -0.2) is 29.1 Å². The molecule has 0 aliphatic carbocycles. The van der Waals surface area contributed by atoms with Crippen LogP contribution in [0.2, 0.25) is 0 Å². The molecule has 0 saturated carbocycles. The molecule has 2 rings (SSSR count). The molecule has 3 nitrogen and oxygen atoms in total. The van der Waals surface area contributed by atoms with Gasteiger partial charge in [0.2, 0.25) is 0 Å². The van der Waals surface area contributed by atoms with Crippen molar-refractivity contribution in [2.45, 2.75) is 19.0 Å². The Labute approximate surface area is 110 Å². The maximum atomic E-state index is 9.40. The molecule has 5 heteroatoms. The van der Waals surface area contributed by atoms with Gasteiger partial charge in [-0.1, -0.05) is 15.9 Å². The van der Waals surface area contributed by atoms with Crippen LogP contribution in [0, 0.1) is 0 Å². The summed E-state index contributed by atoms with van der Waals surface area (Å²) in [6, 6.07) is 5.67. The average Bonchev–Trinajstić information content (AvgIpc) is 2.58. The van der Waals surface area contributed by atoms with Crippen molar-refractivity contribution in [1.29, 1.82) is 0 Å². The SMILES string of the molecule is Cl.N[C@@H]1CCN(Cc2cc(O)ccc2Br)C1. The van der Waals surface area contributed by atoms with Gasteiger partial charge in [-0.2, -0.15) is 0 Å². The zero-order valence-electron chi connectivity index (χ0n) is 8.90. The predicted molar refractivity (Wildman–Crippen MR) is 70.9 cm³/mol. The minimum Gasteiger partial charge on any atom is -0.508 e. The molecule has 0 aromatic heterocycles. The lowest BCUT2D eigenvalue weighted by atomic mass is 10.2. The van der Waals surface area contributed by atoms with E-state index in [1.54, 1.807) is 12.1 Å². The third-order valence-electron chi connectivity index (χ3n) is 2.73. The number of likely N-dealkylation sites (tertiary alicyclic amines) is 1. The fourth-order valence-corrected chi connectivity index (χ4v) is 2.30. The van der Waals surface area contributed by atoms with Gasteiger partial charge in [-0.15, -0.1) is 12.4 Å². The minimum atomic E-state index is 0. The van der Waals surface area contributed by atoms with Crippen LogP contribution >= 0.6 is 28.3 Å². The van der Waals surface area contributed by atoms with Gasteiger partial charge in [0.05, 0.1) is 0 Å². The van der Waals surface area contributed by atoms with E-state index >= 15 is 0 Å². The van der Waals surface area contributed by atoms with E-state index in [0.29, 0.717) is 11.8 Å². The molecule has 3 N–H and O–H groups in total. The first-order valence-electron chi connectivity index (χ1n) is 5.10. The largest absolute Gasteiger partial charge is 0.508 e. The average molecular weight is 308 g/mol. The molecule has 0 unspecified atom stereocenters. The van der Waals surface area contributed by atoms with Gasteiger partial charge in [-0.25, -0.2) is 0 Å². The van der Waals surface area contributed by atoms with Crippen molar-refractivity contribution in [3.63, 3.8) is 0 Å². The number of phenolic OH excluding ortho intramolecular Hbond substituents is 1. The van der Waals surface area contributed by atoms with E-state index < -0.39 is 0 Å². The van der Waals surface area contributed by atoms with Crippen molar-refractivity contribution in [3.05, 3.63) is 28.2 Å². The van der Waals surface area contributed by atoms with Crippen LogP contribution in [0.5, 0.6) is 5.75 Å². The smallest absolute Gasteiger partial charge is 0.115 e. The maximum Gasteiger partial charge on any atom is 0.115 e. The molecule has 1 fully saturated rings. The van der Waals surface area contributed by atoms with Crippen molar-refractivity contribution in [3.8, 4) is 5.75 Å². The summed E-state index contributed by atoms with van der Waals surface area (Å²) in [5, 5.41) is 9.40. The number of benzene rings is 1. The van der Waals surface area contributed by atoms with E-state index in [0.717, 1.165) is 36.1 Å². The molecule has 1 saturated heterocycles. The number of rotatable bonds is 2. The molecule has 0 amide bonds. The summed E-state index contributed by atoms with van der Waals surface area (Å²) in [7, 11) is 0. The van der Waals surface area contributed by atoms with E-state index in [2.05, 4.69) is 20.8 Å². The fourth-order valence-electron chi connectivity index (χ4n) is 1.93. The highest BCUT2D eigenvalue weighted by Crippen LogP contribution is 2.24. The molecule has 1 aliphatic heterocycles. The molecular weight excluding hydrogens is 291 g/mol. The Morgan fingerprint density at radius 3 is 2.88 bits per heavy atom. The molecule has 90 valence electrons. The van der Waals surface area contributed by atoms with Crippen LogP contribution < -0.4 is 5.73 Å². The second kappa shape index (κ2) is 5.87. The lowest BCUT2D eigenvalue weighted by molar-refractivity contribution is 0.325. The van der Waals surface area contributed by atoms with Crippen LogP contribution in [-0.2, 0) is 6.54 Å². The van der Waals surface area contributed by atoms with E-state index in [1.807, 2.05) is 6.07 Å². The molecule has 1 aromatic rings. The first-order valence-corrected chi connectivity index (χ1v) is 5.90. The van der Waals surface area contributed by atoms with Crippen LogP contribution in [0.25, 0.3) is 0 Å². The Bertz CT molecular complexity index is 362. The lowest BCUT2D eigenvalue weighted by Crippen LogP contribution is -2.26. The Kier molecular flexibility index (Phi) is 5.05. The van der Waals surface area contributed by atoms with Crippen LogP contribution in [0.15, 0.2) is 22.7 Å². The van der Waals surface area contributed by atoms with Crippen molar-refractivity contribution in [1.82, 2.24) is 4.90 Å². The fraction of sp³-hybridized carbons (Fsp3) is 0.455. The van der Waals surface area contributed by atoms with Gasteiger partial charge < -0.3 is 10.8 Å². The summed E-state index contributed by atoms with van der Waals surface area (Å²) >= 11 is 3.48. The van der Waals surface area contributed by atoms with Gasteiger partial charge in [-0.3, -0.25) is 4.90 Å². The van der Waals surface area contributed by atoms with E-state index in [-0.39, 0.29) is 12.4 Å². The third kappa shape index (κ3) is 3.35. The molecular formula is C11H16BrClN2O. The summed E-state index contributed by atoms with van der Waals surface area (Å²) in [5.74, 6) is 0.316. The van der Waals surface area contributed by atoms with Gasteiger partial charge in [0.15, 0.2) is 0 Å². The summed E-state index contributed by atoms with van der Waals surface area (Å²) in [6.45, 7) is 2.84. The Balaban J connectivity index is 0.00000128. The van der Waals surface area contributed by atoms with E-state index in [9.17, 15) is 5.11 Å². The monoisotopic (exact) mass is 306 g/mol. The summed E-state index contributed by atoms with van der Waals surface area (Å²) < 4.78 is 1.04. The molecule has 16 heavy (non-hydrogen) atoms. The number of nitrogens with two attached hydrogens (primary N) is 1. The van der Waals surface area contributed by atoms with Gasteiger partial charge >= 0.3 is 0 Å². The van der Waals surface area contributed by atoms with Crippen LogP contribution in [0.3, 0.4) is 0 Å². The predicted octanol–water partition coefficient (Wildman–Crippen LogP) is 2.11. The highest BCUT2D eigenvalue weighted by Gasteiger charge is 2.19. The summed E-state index contributed by atoms with van der Waals surface area (Å²) in [4.78, 5) is 2.31. The Hall–Kier alpha value is -0.290. The summed E-state index contributed by atoms with van der Waals surface area (Å²) in [6.07, 6.45) is 1.07. The zero-order valence-corrected chi connectivity index (χ0v) is 11.3. The first kappa shape index (κ1) is 13.8. The lowest BCUT2D eigenvalue weighted by Gasteiger charge is -2.16. The topological polar surface area (TPSA) is 49.5 Å². The maximum absolute atomic E-state index is 9.40. The summed E-state index contributed by atoms with van der Waals surface area (Å²) in [5.41, 5.74) is 6.96. The quantitative estimate of drug-likeness (QED) is 0.880. The second-order valence-corrected chi connectivity index (χ2v) is 4.91. The number of aromatic hydroxyl groups is 1. The number of phenols is 1. The van der Waals surface area contributed by atoms with Crippen molar-refractivity contribution >= 4 is 28.3 Å². The third-order valence-corrected chi connectivity index (χ3v) is 3.51. The van der Waals surface area contributed by atoms with Crippen LogP contribution in [0.4, 0.5) is 0 Å². The van der Waals surface area contributed by atoms with Crippen molar-refractivity contribution < 1.29 is 5.11 Å². The Morgan fingerprint density at radius 1 is 1.50 bits per heavy atom. The highest BCUT2D eigenvalue weighted by atomic mass is 79.9. The molecule has 0 radical (unpaired) electrons. The zero-order chi connectivity index (χ0) is 10.8. The van der Waals surface area contributed by atoms with Crippen molar-refractivity contribution in [2.75, 3.05) is 13.1 Å². The number of hydrogen-bond donors (Lipinski definition) is 2. The highest BCUT2D eigenvalue weighted by molar-refractivity contribution is 9.10. The molecule has 1 aliphatic rings. The minimum absolute atomic E-state index is 0. The first-order chi connectivity index (χ1) is 7.15. The van der Waals surface area contributed by atoms with Gasteiger partial charge in [-0.05, 0) is 30.2 Å². The van der Waals surface area contributed by atoms with Crippen LogP contribution in [0.1, 0.15) is 12.0 Å². The molecule has 0 bridgehead atoms. The molecule has 1 aromatic carbocycles. The van der Waals surface area contributed by atoms with Gasteiger partial charge in [0.25, 0.3) is 0 Å².